The number of rotatable bonds is 6. The van der Waals surface area contributed by atoms with Crippen LogP contribution in [0.2, 0.25) is 0 Å². The first-order chi connectivity index (χ1) is 15.7. The monoisotopic (exact) mass is 424 g/mol. The molecule has 3 aromatic carbocycles. The molecule has 0 aromatic heterocycles. The first-order valence-electron chi connectivity index (χ1n) is 11.3. The lowest BCUT2D eigenvalue weighted by atomic mass is 9.77. The van der Waals surface area contributed by atoms with Crippen LogP contribution in [0.4, 0.5) is 11.4 Å². The van der Waals surface area contributed by atoms with E-state index in [0.717, 1.165) is 29.1 Å². The van der Waals surface area contributed by atoms with E-state index >= 15 is 0 Å². The molecular weight excluding hydrogens is 396 g/mol. The third-order valence-corrected chi connectivity index (χ3v) is 6.46. The van der Waals surface area contributed by atoms with E-state index in [1.54, 1.807) is 0 Å². The number of amides is 1. The van der Waals surface area contributed by atoms with Gasteiger partial charge < -0.3 is 15.4 Å². The van der Waals surface area contributed by atoms with E-state index in [0.29, 0.717) is 24.9 Å². The van der Waals surface area contributed by atoms with E-state index in [9.17, 15) is 4.79 Å². The predicted octanol–water partition coefficient (Wildman–Crippen LogP) is 6.44. The third kappa shape index (κ3) is 4.13. The first-order valence-corrected chi connectivity index (χ1v) is 11.3. The molecular formula is C28H28N2O2. The van der Waals surface area contributed by atoms with Crippen LogP contribution in [0.1, 0.15) is 48.4 Å². The molecule has 5 rings (SSSR count). The van der Waals surface area contributed by atoms with Gasteiger partial charge in [0.15, 0.2) is 0 Å². The summed E-state index contributed by atoms with van der Waals surface area (Å²) in [6, 6.07) is 25.1. The molecule has 4 heteroatoms. The molecule has 1 aliphatic heterocycles. The van der Waals surface area contributed by atoms with Gasteiger partial charge in [-0.25, -0.2) is 0 Å². The molecule has 1 amide bonds. The van der Waals surface area contributed by atoms with Crippen LogP contribution in [0.25, 0.3) is 0 Å². The van der Waals surface area contributed by atoms with Crippen molar-refractivity contribution in [3.63, 3.8) is 0 Å². The SMILES string of the molecule is CCC(=O)Nc1ccc2c(c1)C1C=CCC1C(c1ccc(OCc3ccccc3)cc1)N2. The summed E-state index contributed by atoms with van der Waals surface area (Å²) in [6.45, 7) is 2.44. The summed E-state index contributed by atoms with van der Waals surface area (Å²) in [7, 11) is 0. The Morgan fingerprint density at radius 1 is 1.06 bits per heavy atom. The molecule has 0 bridgehead atoms. The highest BCUT2D eigenvalue weighted by molar-refractivity contribution is 5.91. The molecule has 0 spiro atoms. The molecule has 1 aliphatic carbocycles. The molecule has 0 fully saturated rings. The van der Waals surface area contributed by atoms with Gasteiger partial charge in [0.2, 0.25) is 5.91 Å². The van der Waals surface area contributed by atoms with Gasteiger partial charge in [0, 0.05) is 23.7 Å². The molecule has 2 N–H and O–H groups in total. The van der Waals surface area contributed by atoms with E-state index in [2.05, 4.69) is 71.3 Å². The van der Waals surface area contributed by atoms with Gasteiger partial charge in [0.05, 0.1) is 6.04 Å². The highest BCUT2D eigenvalue weighted by Gasteiger charge is 2.37. The van der Waals surface area contributed by atoms with Gasteiger partial charge in [0.25, 0.3) is 0 Å². The maximum atomic E-state index is 11.8. The number of fused-ring (bicyclic) bond motifs is 3. The van der Waals surface area contributed by atoms with Gasteiger partial charge in [0.1, 0.15) is 12.4 Å². The molecule has 0 radical (unpaired) electrons. The summed E-state index contributed by atoms with van der Waals surface area (Å²) < 4.78 is 5.96. The van der Waals surface area contributed by atoms with Crippen LogP contribution in [0.15, 0.2) is 84.9 Å². The van der Waals surface area contributed by atoms with Gasteiger partial charge in [-0.2, -0.15) is 0 Å². The van der Waals surface area contributed by atoms with Crippen molar-refractivity contribution in [3.05, 3.63) is 102 Å². The summed E-state index contributed by atoms with van der Waals surface area (Å²) in [5.41, 5.74) is 5.70. The van der Waals surface area contributed by atoms with Crippen LogP contribution in [-0.2, 0) is 11.4 Å². The van der Waals surface area contributed by atoms with Crippen LogP contribution in [0.5, 0.6) is 5.75 Å². The zero-order chi connectivity index (χ0) is 21.9. The molecule has 3 unspecified atom stereocenters. The van der Waals surface area contributed by atoms with Crippen molar-refractivity contribution >= 4 is 17.3 Å². The van der Waals surface area contributed by atoms with E-state index < -0.39 is 0 Å². The first kappa shape index (κ1) is 20.4. The Morgan fingerprint density at radius 3 is 2.66 bits per heavy atom. The Labute approximate surface area is 189 Å². The number of nitrogens with one attached hydrogen (secondary N) is 2. The van der Waals surface area contributed by atoms with Crippen LogP contribution >= 0.6 is 0 Å². The second kappa shape index (κ2) is 8.91. The van der Waals surface area contributed by atoms with Crippen molar-refractivity contribution in [3.8, 4) is 5.75 Å². The van der Waals surface area contributed by atoms with Crippen molar-refractivity contribution in [2.75, 3.05) is 10.6 Å². The molecule has 0 saturated carbocycles. The van der Waals surface area contributed by atoms with E-state index in [1.165, 1.54) is 11.1 Å². The quantitative estimate of drug-likeness (QED) is 0.448. The fraction of sp³-hybridized carbons (Fsp3) is 0.250. The summed E-state index contributed by atoms with van der Waals surface area (Å²) in [4.78, 5) is 11.8. The van der Waals surface area contributed by atoms with E-state index in [1.807, 2.05) is 31.2 Å². The normalized spacial score (nSPS) is 20.7. The smallest absolute Gasteiger partial charge is 0.224 e. The van der Waals surface area contributed by atoms with Crippen molar-refractivity contribution in [2.45, 2.75) is 38.3 Å². The zero-order valence-corrected chi connectivity index (χ0v) is 18.3. The lowest BCUT2D eigenvalue weighted by Gasteiger charge is -2.37. The minimum Gasteiger partial charge on any atom is -0.489 e. The van der Waals surface area contributed by atoms with Gasteiger partial charge >= 0.3 is 0 Å². The van der Waals surface area contributed by atoms with Crippen LogP contribution < -0.4 is 15.4 Å². The lowest BCUT2D eigenvalue weighted by Crippen LogP contribution is -2.29. The number of carbonyl (C=O) groups is 1. The van der Waals surface area contributed by atoms with Crippen molar-refractivity contribution in [1.29, 1.82) is 0 Å². The minimum atomic E-state index is 0.0414. The van der Waals surface area contributed by atoms with Crippen molar-refractivity contribution in [1.82, 2.24) is 0 Å². The lowest BCUT2D eigenvalue weighted by molar-refractivity contribution is -0.115. The highest BCUT2D eigenvalue weighted by Crippen LogP contribution is 2.50. The van der Waals surface area contributed by atoms with Gasteiger partial charge in [-0.15, -0.1) is 0 Å². The zero-order valence-electron chi connectivity index (χ0n) is 18.3. The maximum absolute atomic E-state index is 11.8. The molecule has 32 heavy (non-hydrogen) atoms. The summed E-state index contributed by atoms with van der Waals surface area (Å²) in [5.74, 6) is 1.73. The number of ether oxygens (including phenoxy) is 1. The van der Waals surface area contributed by atoms with Crippen molar-refractivity contribution in [2.24, 2.45) is 5.92 Å². The Balaban J connectivity index is 1.33. The van der Waals surface area contributed by atoms with Gasteiger partial charge in [-0.3, -0.25) is 4.79 Å². The number of benzene rings is 3. The Kier molecular flexibility index (Phi) is 5.68. The van der Waals surface area contributed by atoms with E-state index in [-0.39, 0.29) is 11.9 Å². The number of hydrogen-bond donors (Lipinski definition) is 2. The fourth-order valence-electron chi connectivity index (χ4n) is 4.76. The summed E-state index contributed by atoms with van der Waals surface area (Å²) >= 11 is 0. The summed E-state index contributed by atoms with van der Waals surface area (Å²) in [5, 5.41) is 6.75. The van der Waals surface area contributed by atoms with E-state index in [4.69, 9.17) is 4.74 Å². The fourth-order valence-corrected chi connectivity index (χ4v) is 4.76. The Bertz CT molecular complexity index is 1120. The largest absolute Gasteiger partial charge is 0.489 e. The van der Waals surface area contributed by atoms with Crippen LogP contribution in [0.3, 0.4) is 0 Å². The minimum absolute atomic E-state index is 0.0414. The van der Waals surface area contributed by atoms with Crippen LogP contribution in [-0.4, -0.2) is 5.91 Å². The molecule has 162 valence electrons. The molecule has 4 nitrogen and oxygen atoms in total. The number of allylic oxidation sites excluding steroid dienone is 2. The molecule has 1 heterocycles. The number of anilines is 2. The van der Waals surface area contributed by atoms with Gasteiger partial charge in [-0.1, -0.05) is 61.5 Å². The summed E-state index contributed by atoms with van der Waals surface area (Å²) in [6.07, 6.45) is 6.13. The number of hydrogen-bond acceptors (Lipinski definition) is 3. The third-order valence-electron chi connectivity index (χ3n) is 6.46. The predicted molar refractivity (Wildman–Crippen MR) is 129 cm³/mol. The topological polar surface area (TPSA) is 50.4 Å². The Morgan fingerprint density at radius 2 is 1.88 bits per heavy atom. The van der Waals surface area contributed by atoms with Crippen molar-refractivity contribution < 1.29 is 9.53 Å². The molecule has 3 atom stereocenters. The van der Waals surface area contributed by atoms with Gasteiger partial charge in [-0.05, 0) is 59.4 Å². The highest BCUT2D eigenvalue weighted by atomic mass is 16.5. The second-order valence-electron chi connectivity index (χ2n) is 8.52. The standard InChI is InChI=1S/C28H28N2O2/c1-2-27(31)29-21-13-16-26-25(17-21)23-9-6-10-24(23)28(30-26)20-11-14-22(15-12-20)32-18-19-7-4-3-5-8-19/h3-9,11-17,23-24,28,30H,2,10,18H2,1H3,(H,29,31). The molecule has 2 aliphatic rings. The van der Waals surface area contributed by atoms with Crippen LogP contribution in [0, 0.1) is 5.92 Å². The average molecular weight is 425 g/mol. The average Bonchev–Trinajstić information content (AvgIpc) is 3.34. The molecule has 3 aromatic rings. The molecule has 0 saturated heterocycles. The maximum Gasteiger partial charge on any atom is 0.224 e. The Hall–Kier alpha value is -3.53. The number of carbonyl (C=O) groups excluding carboxylic acids is 1. The second-order valence-corrected chi connectivity index (χ2v) is 8.52.